The van der Waals surface area contributed by atoms with Crippen molar-refractivity contribution in [3.8, 4) is 0 Å². The van der Waals surface area contributed by atoms with Crippen LogP contribution in [0.2, 0.25) is 0 Å². The van der Waals surface area contributed by atoms with Crippen molar-refractivity contribution in [1.29, 1.82) is 0 Å². The molecule has 0 N–H and O–H groups in total. The van der Waals surface area contributed by atoms with Gasteiger partial charge < -0.3 is 9.47 Å². The zero-order valence-corrected chi connectivity index (χ0v) is 10.0. The molecule has 4 rings (SSSR count). The number of ether oxygens (including phenoxy) is 2. The molecule has 2 bridgehead atoms. The van der Waals surface area contributed by atoms with Gasteiger partial charge in [0.15, 0.2) is 5.60 Å². The maximum absolute atomic E-state index is 11.6. The average molecular weight is 235 g/mol. The Hall–Kier alpha value is -0.870. The fourth-order valence-electron chi connectivity index (χ4n) is 4.32. The second-order valence-corrected chi connectivity index (χ2v) is 5.68. The van der Waals surface area contributed by atoms with Crippen LogP contribution >= 0.6 is 0 Å². The quantitative estimate of drug-likeness (QED) is 0.632. The van der Waals surface area contributed by atoms with E-state index in [9.17, 15) is 4.79 Å². The largest absolute Gasteiger partial charge is 0.450 e. The van der Waals surface area contributed by atoms with Crippen LogP contribution in [0.1, 0.15) is 25.7 Å². The van der Waals surface area contributed by atoms with Gasteiger partial charge in [0, 0.05) is 32.2 Å². The molecule has 1 saturated carbocycles. The molecular formula is C13H17NO3. The summed E-state index contributed by atoms with van der Waals surface area (Å²) in [5.74, 6) is -0.136. The first-order valence-corrected chi connectivity index (χ1v) is 6.45. The summed E-state index contributed by atoms with van der Waals surface area (Å²) in [7, 11) is 1.78. The van der Waals surface area contributed by atoms with E-state index in [2.05, 4.69) is 4.90 Å². The minimum Gasteiger partial charge on any atom is -0.450 e. The van der Waals surface area contributed by atoms with E-state index in [4.69, 9.17) is 9.47 Å². The molecule has 0 aromatic carbocycles. The Kier molecular flexibility index (Phi) is 1.85. The second kappa shape index (κ2) is 3.12. The third-order valence-corrected chi connectivity index (χ3v) is 5.05. The molecule has 4 atom stereocenters. The lowest BCUT2D eigenvalue weighted by atomic mass is 9.77. The van der Waals surface area contributed by atoms with Gasteiger partial charge in [-0.25, -0.2) is 4.79 Å². The van der Waals surface area contributed by atoms with Crippen molar-refractivity contribution in [3.63, 3.8) is 0 Å². The molecule has 3 fully saturated rings. The Labute approximate surface area is 101 Å². The molecule has 0 unspecified atom stereocenters. The number of hydrogen-bond donors (Lipinski definition) is 0. The smallest absolute Gasteiger partial charge is 0.331 e. The number of carbonyl (C=O) groups excluding carboxylic acids is 1. The number of rotatable bonds is 1. The van der Waals surface area contributed by atoms with Crippen LogP contribution in [0.25, 0.3) is 0 Å². The average Bonchev–Trinajstić information content (AvgIpc) is 2.92. The van der Waals surface area contributed by atoms with Crippen LogP contribution in [0.4, 0.5) is 0 Å². The van der Waals surface area contributed by atoms with E-state index in [0.717, 1.165) is 32.2 Å². The van der Waals surface area contributed by atoms with Crippen LogP contribution in [0, 0.1) is 0 Å². The van der Waals surface area contributed by atoms with Gasteiger partial charge in [-0.05, 0) is 24.8 Å². The summed E-state index contributed by atoms with van der Waals surface area (Å²) < 4.78 is 11.2. The minimum absolute atomic E-state index is 0.136. The molecule has 4 aliphatic rings. The highest BCUT2D eigenvalue weighted by atomic mass is 16.6. The van der Waals surface area contributed by atoms with E-state index in [1.54, 1.807) is 13.2 Å². The van der Waals surface area contributed by atoms with Gasteiger partial charge in [0.25, 0.3) is 0 Å². The molecule has 3 heterocycles. The van der Waals surface area contributed by atoms with Crippen LogP contribution < -0.4 is 0 Å². The van der Waals surface area contributed by atoms with E-state index >= 15 is 0 Å². The van der Waals surface area contributed by atoms with Gasteiger partial charge in [-0.15, -0.1) is 0 Å². The molecule has 4 nitrogen and oxygen atoms in total. The Bertz CT molecular complexity index is 419. The number of fused-ring (bicyclic) bond motifs is 3. The normalized spacial score (nSPS) is 47.7. The molecule has 1 spiro atoms. The first-order chi connectivity index (χ1) is 8.23. The molecular weight excluding hydrogens is 218 g/mol. The Morgan fingerprint density at radius 1 is 1.59 bits per heavy atom. The molecule has 17 heavy (non-hydrogen) atoms. The highest BCUT2D eigenvalue weighted by Gasteiger charge is 2.63. The van der Waals surface area contributed by atoms with Gasteiger partial charge in [0.2, 0.25) is 0 Å². The Balaban J connectivity index is 1.75. The van der Waals surface area contributed by atoms with Gasteiger partial charge in [0.1, 0.15) is 0 Å². The number of hydrogen-bond acceptors (Lipinski definition) is 4. The van der Waals surface area contributed by atoms with Crippen molar-refractivity contribution in [2.24, 2.45) is 0 Å². The topological polar surface area (TPSA) is 38.8 Å². The molecule has 92 valence electrons. The zero-order valence-electron chi connectivity index (χ0n) is 10.0. The second-order valence-electron chi connectivity index (χ2n) is 5.68. The monoisotopic (exact) mass is 235 g/mol. The highest BCUT2D eigenvalue weighted by Crippen LogP contribution is 2.54. The first-order valence-electron chi connectivity index (χ1n) is 6.45. The van der Waals surface area contributed by atoms with Crippen molar-refractivity contribution >= 4 is 5.97 Å². The predicted octanol–water partition coefficient (Wildman–Crippen LogP) is 0.864. The summed E-state index contributed by atoms with van der Waals surface area (Å²) in [5, 5.41) is 0. The predicted molar refractivity (Wildman–Crippen MR) is 60.5 cm³/mol. The SMILES string of the molecule is CO[C@@H]1C[C@@H]2N(C1)[C@H]1CCC3=CC(=O)O[C@]32C1. The van der Waals surface area contributed by atoms with Gasteiger partial charge in [-0.3, -0.25) is 4.90 Å². The van der Waals surface area contributed by atoms with E-state index in [1.807, 2.05) is 0 Å². The van der Waals surface area contributed by atoms with E-state index in [0.29, 0.717) is 18.2 Å². The standard InChI is InChI=1S/C13H17NO3/c1-16-10-5-11-13-6-9(14(11)7-10)3-2-8(13)4-12(15)17-13/h4,9-11H,2-3,5-7H2,1H3/t9-,10+,11-,13+/m0/s1. The number of esters is 1. The van der Waals surface area contributed by atoms with Crippen LogP contribution in [0.15, 0.2) is 11.6 Å². The summed E-state index contributed by atoms with van der Waals surface area (Å²) in [4.78, 5) is 14.1. The third-order valence-electron chi connectivity index (χ3n) is 5.05. The molecule has 0 aromatic rings. The Morgan fingerprint density at radius 2 is 2.47 bits per heavy atom. The van der Waals surface area contributed by atoms with Gasteiger partial charge >= 0.3 is 5.97 Å². The summed E-state index contributed by atoms with van der Waals surface area (Å²) in [6, 6.07) is 0.945. The number of methoxy groups -OCH3 is 1. The van der Waals surface area contributed by atoms with Crippen LogP contribution in [0.3, 0.4) is 0 Å². The summed E-state index contributed by atoms with van der Waals surface area (Å²) >= 11 is 0. The third kappa shape index (κ3) is 1.13. The molecule has 2 saturated heterocycles. The minimum atomic E-state index is -0.284. The van der Waals surface area contributed by atoms with Gasteiger partial charge in [0.05, 0.1) is 12.1 Å². The van der Waals surface area contributed by atoms with Crippen molar-refractivity contribution in [2.75, 3.05) is 13.7 Å². The molecule has 4 heteroatoms. The van der Waals surface area contributed by atoms with Crippen molar-refractivity contribution < 1.29 is 14.3 Å². The fourth-order valence-corrected chi connectivity index (χ4v) is 4.32. The fraction of sp³-hybridized carbons (Fsp3) is 0.769. The summed E-state index contributed by atoms with van der Waals surface area (Å²) in [6.45, 7) is 0.998. The lowest BCUT2D eigenvalue weighted by Gasteiger charge is -2.33. The Morgan fingerprint density at radius 3 is 3.29 bits per heavy atom. The molecule has 0 aromatic heterocycles. The first kappa shape index (κ1) is 10.1. The maximum Gasteiger partial charge on any atom is 0.331 e. The maximum atomic E-state index is 11.6. The van der Waals surface area contributed by atoms with Crippen molar-refractivity contribution in [2.45, 2.75) is 49.5 Å². The van der Waals surface area contributed by atoms with E-state index in [1.165, 1.54) is 5.57 Å². The number of carbonyl (C=O) groups is 1. The lowest BCUT2D eigenvalue weighted by molar-refractivity contribution is -0.147. The molecule has 0 radical (unpaired) electrons. The van der Waals surface area contributed by atoms with Crippen molar-refractivity contribution in [1.82, 2.24) is 4.90 Å². The highest BCUT2D eigenvalue weighted by molar-refractivity contribution is 5.87. The van der Waals surface area contributed by atoms with E-state index < -0.39 is 0 Å². The zero-order chi connectivity index (χ0) is 11.6. The van der Waals surface area contributed by atoms with Crippen LogP contribution in [-0.4, -0.2) is 48.3 Å². The summed E-state index contributed by atoms with van der Waals surface area (Å²) in [6.07, 6.45) is 6.24. The van der Waals surface area contributed by atoms with E-state index in [-0.39, 0.29) is 11.6 Å². The van der Waals surface area contributed by atoms with Gasteiger partial charge in [-0.1, -0.05) is 0 Å². The van der Waals surface area contributed by atoms with Crippen LogP contribution in [-0.2, 0) is 14.3 Å². The molecule has 1 aliphatic carbocycles. The summed E-state index contributed by atoms with van der Waals surface area (Å²) in [5.41, 5.74) is 0.954. The molecule has 0 amide bonds. The number of nitrogens with zero attached hydrogens (tertiary/aromatic N) is 1. The van der Waals surface area contributed by atoms with Gasteiger partial charge in [-0.2, -0.15) is 0 Å². The molecule has 3 aliphatic heterocycles. The van der Waals surface area contributed by atoms with Crippen molar-refractivity contribution in [3.05, 3.63) is 11.6 Å². The van der Waals surface area contributed by atoms with Crippen LogP contribution in [0.5, 0.6) is 0 Å². The lowest BCUT2D eigenvalue weighted by Crippen LogP contribution is -2.43.